The van der Waals surface area contributed by atoms with E-state index in [-0.39, 0.29) is 5.54 Å². The second-order valence-corrected chi connectivity index (χ2v) is 3.38. The summed E-state index contributed by atoms with van der Waals surface area (Å²) in [5.41, 5.74) is 1.59. The number of hydrogen-bond donors (Lipinski definition) is 0. The van der Waals surface area contributed by atoms with Crippen molar-refractivity contribution in [2.24, 2.45) is 10.9 Å². The van der Waals surface area contributed by atoms with Crippen molar-refractivity contribution in [3.8, 4) is 0 Å². The number of nitrogens with zero attached hydrogens (tertiary/aromatic N) is 1. The fourth-order valence-corrected chi connectivity index (χ4v) is 2.02. The molecule has 3 aliphatic rings. The molecule has 2 atom stereocenters. The van der Waals surface area contributed by atoms with Crippen molar-refractivity contribution >= 4 is 6.21 Å². The van der Waals surface area contributed by atoms with E-state index in [2.05, 4.69) is 29.3 Å². The van der Waals surface area contributed by atoms with Crippen LogP contribution in [0.1, 0.15) is 20.3 Å². The Bertz CT molecular complexity index is 320. The third kappa shape index (κ3) is 1.11. The molecule has 0 radical (unpaired) electrons. The molecule has 0 N–H and O–H groups in total. The highest BCUT2D eigenvalue weighted by molar-refractivity contribution is 5.77. The van der Waals surface area contributed by atoms with Gasteiger partial charge in [0, 0.05) is 12.1 Å². The highest BCUT2D eigenvalue weighted by Gasteiger charge is 2.55. The smallest absolute Gasteiger partial charge is 0.0926 e. The molecule has 1 fully saturated rings. The molecule has 1 aliphatic heterocycles. The molecule has 0 amide bonds. The molecular formula is C12H15N. The van der Waals surface area contributed by atoms with Crippen molar-refractivity contribution < 1.29 is 0 Å². The summed E-state index contributed by atoms with van der Waals surface area (Å²) < 4.78 is 0. The SMILES string of the molecule is C1=CC2=CC=CC3CC23N=C1.CC. The van der Waals surface area contributed by atoms with Crippen molar-refractivity contribution in [3.05, 3.63) is 36.0 Å². The van der Waals surface area contributed by atoms with Gasteiger partial charge in [-0.3, -0.25) is 4.99 Å². The Morgan fingerprint density at radius 1 is 1.38 bits per heavy atom. The van der Waals surface area contributed by atoms with Crippen LogP contribution in [-0.4, -0.2) is 11.8 Å². The van der Waals surface area contributed by atoms with E-state index in [1.54, 1.807) is 0 Å². The Morgan fingerprint density at radius 2 is 2.23 bits per heavy atom. The van der Waals surface area contributed by atoms with E-state index in [4.69, 9.17) is 0 Å². The molecule has 68 valence electrons. The lowest BCUT2D eigenvalue weighted by atomic mass is 9.96. The van der Waals surface area contributed by atoms with Crippen molar-refractivity contribution in [2.45, 2.75) is 25.8 Å². The number of dihydropyridines is 1. The molecule has 1 heteroatoms. The monoisotopic (exact) mass is 173 g/mol. The topological polar surface area (TPSA) is 12.4 Å². The minimum atomic E-state index is 0.198. The van der Waals surface area contributed by atoms with Crippen molar-refractivity contribution in [1.29, 1.82) is 0 Å². The van der Waals surface area contributed by atoms with Crippen molar-refractivity contribution in [1.82, 2.24) is 0 Å². The fraction of sp³-hybridized carbons (Fsp3) is 0.417. The highest BCUT2D eigenvalue weighted by atomic mass is 15.0. The maximum Gasteiger partial charge on any atom is 0.0926 e. The Labute approximate surface area is 79.6 Å². The van der Waals surface area contributed by atoms with Gasteiger partial charge in [-0.05, 0) is 18.1 Å². The Morgan fingerprint density at radius 3 is 3.00 bits per heavy atom. The van der Waals surface area contributed by atoms with Gasteiger partial charge in [0.15, 0.2) is 0 Å². The fourth-order valence-electron chi connectivity index (χ4n) is 2.02. The zero-order valence-corrected chi connectivity index (χ0v) is 8.20. The molecule has 0 saturated heterocycles. The zero-order valence-electron chi connectivity index (χ0n) is 8.20. The van der Waals surface area contributed by atoms with E-state index in [1.807, 2.05) is 26.1 Å². The Hall–Kier alpha value is -1.11. The number of rotatable bonds is 0. The summed E-state index contributed by atoms with van der Waals surface area (Å²) in [4.78, 5) is 4.53. The van der Waals surface area contributed by atoms with Crippen LogP contribution in [0.4, 0.5) is 0 Å². The van der Waals surface area contributed by atoms with E-state index >= 15 is 0 Å². The molecule has 2 unspecified atom stereocenters. The molecular weight excluding hydrogens is 158 g/mol. The molecule has 13 heavy (non-hydrogen) atoms. The summed E-state index contributed by atoms with van der Waals surface area (Å²) in [5.74, 6) is 0.698. The van der Waals surface area contributed by atoms with Gasteiger partial charge in [-0.1, -0.05) is 38.2 Å². The van der Waals surface area contributed by atoms with Gasteiger partial charge in [-0.25, -0.2) is 0 Å². The predicted molar refractivity (Wildman–Crippen MR) is 57.0 cm³/mol. The van der Waals surface area contributed by atoms with Gasteiger partial charge < -0.3 is 0 Å². The molecule has 3 rings (SSSR count). The van der Waals surface area contributed by atoms with Gasteiger partial charge in [-0.2, -0.15) is 0 Å². The standard InChI is InChI=1S/C10H9N.C2H6/c1-3-8-5-2-6-11-10(8)7-9(10)4-1;1-2/h1-6,9H,7H2;1-2H3. The van der Waals surface area contributed by atoms with E-state index < -0.39 is 0 Å². The quantitative estimate of drug-likeness (QED) is 0.534. The van der Waals surface area contributed by atoms with Crippen molar-refractivity contribution in [2.75, 3.05) is 0 Å². The molecule has 0 aromatic rings. The summed E-state index contributed by atoms with van der Waals surface area (Å²) in [6.07, 6.45) is 13.9. The van der Waals surface area contributed by atoms with Crippen LogP contribution in [0.25, 0.3) is 0 Å². The molecule has 1 heterocycles. The van der Waals surface area contributed by atoms with Crippen LogP contribution in [0.15, 0.2) is 40.9 Å². The van der Waals surface area contributed by atoms with Crippen LogP contribution < -0.4 is 0 Å². The van der Waals surface area contributed by atoms with Gasteiger partial charge in [0.1, 0.15) is 0 Å². The summed E-state index contributed by atoms with van der Waals surface area (Å²) >= 11 is 0. The zero-order chi connectivity index (χ0) is 9.31. The normalized spacial score (nSPS) is 36.8. The average Bonchev–Trinajstić information content (AvgIpc) is 2.92. The van der Waals surface area contributed by atoms with Crippen molar-refractivity contribution in [3.63, 3.8) is 0 Å². The first-order chi connectivity index (χ1) is 6.42. The largest absolute Gasteiger partial charge is 0.281 e. The molecule has 0 aromatic heterocycles. The van der Waals surface area contributed by atoms with E-state index in [9.17, 15) is 0 Å². The third-order valence-corrected chi connectivity index (χ3v) is 2.77. The van der Waals surface area contributed by atoms with Crippen LogP contribution in [0.5, 0.6) is 0 Å². The maximum atomic E-state index is 4.53. The lowest BCUT2D eigenvalue weighted by Crippen LogP contribution is -2.15. The Kier molecular flexibility index (Phi) is 1.95. The molecule has 0 bridgehead atoms. The lowest BCUT2D eigenvalue weighted by molar-refractivity contribution is 0.759. The van der Waals surface area contributed by atoms with E-state index in [0.29, 0.717) is 5.92 Å². The second-order valence-electron chi connectivity index (χ2n) is 3.38. The highest BCUT2D eigenvalue weighted by Crippen LogP contribution is 2.55. The van der Waals surface area contributed by atoms with Gasteiger partial charge in [0.25, 0.3) is 0 Å². The minimum Gasteiger partial charge on any atom is -0.281 e. The van der Waals surface area contributed by atoms with Crippen LogP contribution in [0, 0.1) is 5.92 Å². The van der Waals surface area contributed by atoms with E-state index in [0.717, 1.165) is 0 Å². The summed E-state index contributed by atoms with van der Waals surface area (Å²) in [5, 5.41) is 0. The summed E-state index contributed by atoms with van der Waals surface area (Å²) in [6.45, 7) is 4.00. The number of aliphatic imine (C=N–C) groups is 1. The van der Waals surface area contributed by atoms with Crippen LogP contribution in [0.2, 0.25) is 0 Å². The average molecular weight is 173 g/mol. The van der Waals surface area contributed by atoms with Crippen LogP contribution >= 0.6 is 0 Å². The third-order valence-electron chi connectivity index (χ3n) is 2.77. The van der Waals surface area contributed by atoms with Gasteiger partial charge in [0.2, 0.25) is 0 Å². The molecule has 1 nitrogen and oxygen atoms in total. The van der Waals surface area contributed by atoms with E-state index in [1.165, 1.54) is 12.0 Å². The van der Waals surface area contributed by atoms with Gasteiger partial charge >= 0.3 is 0 Å². The first-order valence-electron chi connectivity index (χ1n) is 5.03. The number of allylic oxidation sites excluding steroid dienone is 3. The summed E-state index contributed by atoms with van der Waals surface area (Å²) in [7, 11) is 0. The molecule has 2 aliphatic carbocycles. The predicted octanol–water partition coefficient (Wildman–Crippen LogP) is 2.91. The first-order valence-corrected chi connectivity index (χ1v) is 5.03. The van der Waals surface area contributed by atoms with Gasteiger partial charge in [-0.15, -0.1) is 0 Å². The molecule has 0 aromatic carbocycles. The molecule has 1 spiro atoms. The van der Waals surface area contributed by atoms with Gasteiger partial charge in [0.05, 0.1) is 5.54 Å². The van der Waals surface area contributed by atoms with Crippen LogP contribution in [-0.2, 0) is 0 Å². The Balaban J connectivity index is 0.000000308. The maximum absolute atomic E-state index is 4.53. The number of hydrogen-bond acceptors (Lipinski definition) is 1. The lowest BCUT2D eigenvalue weighted by Gasteiger charge is -2.17. The van der Waals surface area contributed by atoms with Crippen LogP contribution in [0.3, 0.4) is 0 Å². The summed E-state index contributed by atoms with van der Waals surface area (Å²) in [6, 6.07) is 0. The minimum absolute atomic E-state index is 0.198. The molecule has 1 saturated carbocycles. The first kappa shape index (κ1) is 8.49. The second kappa shape index (κ2) is 2.99.